The fourth-order valence-electron chi connectivity index (χ4n) is 2.06. The van der Waals surface area contributed by atoms with Crippen LogP contribution in [0.25, 0.3) is 11.1 Å². The van der Waals surface area contributed by atoms with Gasteiger partial charge in [0.25, 0.3) is 0 Å². The molecule has 0 saturated carbocycles. The molecule has 0 aliphatic heterocycles. The molecule has 0 spiro atoms. The summed E-state index contributed by atoms with van der Waals surface area (Å²) in [6.45, 7) is 5.30. The van der Waals surface area contributed by atoms with Crippen molar-refractivity contribution in [1.29, 1.82) is 0 Å². The van der Waals surface area contributed by atoms with Crippen molar-refractivity contribution in [2.24, 2.45) is 0 Å². The van der Waals surface area contributed by atoms with Crippen molar-refractivity contribution in [3.63, 3.8) is 0 Å². The number of hydrogen-bond donors (Lipinski definition) is 1. The number of nitrogens with zero attached hydrogens (tertiary/aromatic N) is 1. The average Bonchev–Trinajstić information content (AvgIpc) is 2.45. The number of halogens is 1. The molecule has 1 heterocycles. The molecule has 0 bridgehead atoms. The van der Waals surface area contributed by atoms with E-state index in [9.17, 15) is 0 Å². The van der Waals surface area contributed by atoms with Crippen LogP contribution in [0.3, 0.4) is 0 Å². The molecule has 19 heavy (non-hydrogen) atoms. The first-order valence-electron chi connectivity index (χ1n) is 6.65. The van der Waals surface area contributed by atoms with Gasteiger partial charge in [-0.15, -0.1) is 0 Å². The third-order valence-electron chi connectivity index (χ3n) is 3.16. The highest BCUT2D eigenvalue weighted by Crippen LogP contribution is 2.28. The quantitative estimate of drug-likeness (QED) is 0.871. The van der Waals surface area contributed by atoms with E-state index in [0.717, 1.165) is 34.7 Å². The molecule has 0 fully saturated rings. The third kappa shape index (κ3) is 3.55. The van der Waals surface area contributed by atoms with Gasteiger partial charge in [-0.2, -0.15) is 0 Å². The lowest BCUT2D eigenvalue weighted by Crippen LogP contribution is -2.19. The zero-order valence-corrected chi connectivity index (χ0v) is 12.1. The van der Waals surface area contributed by atoms with Gasteiger partial charge in [-0.1, -0.05) is 36.7 Å². The molecule has 0 amide bonds. The monoisotopic (exact) mass is 274 g/mol. The minimum Gasteiger partial charge on any atom is -0.310 e. The van der Waals surface area contributed by atoms with Crippen LogP contribution in [0.4, 0.5) is 0 Å². The van der Waals surface area contributed by atoms with Crippen molar-refractivity contribution in [3.8, 4) is 11.1 Å². The molecule has 100 valence electrons. The third-order valence-corrected chi connectivity index (χ3v) is 3.49. The molecular weight excluding hydrogens is 256 g/mol. The minimum atomic E-state index is 0.274. The van der Waals surface area contributed by atoms with Gasteiger partial charge in [-0.25, -0.2) is 0 Å². The molecule has 2 aromatic rings. The minimum absolute atomic E-state index is 0.274. The zero-order valence-electron chi connectivity index (χ0n) is 11.4. The second kappa shape index (κ2) is 6.69. The van der Waals surface area contributed by atoms with Crippen molar-refractivity contribution >= 4 is 11.6 Å². The Morgan fingerprint density at radius 3 is 2.74 bits per heavy atom. The van der Waals surface area contributed by atoms with Crippen LogP contribution >= 0.6 is 11.6 Å². The summed E-state index contributed by atoms with van der Waals surface area (Å²) in [5, 5.41) is 4.26. The van der Waals surface area contributed by atoms with Gasteiger partial charge in [-0.3, -0.25) is 4.98 Å². The van der Waals surface area contributed by atoms with E-state index in [1.807, 2.05) is 24.4 Å². The van der Waals surface area contributed by atoms with E-state index < -0.39 is 0 Å². The first-order valence-corrected chi connectivity index (χ1v) is 7.03. The summed E-state index contributed by atoms with van der Waals surface area (Å²) in [5.41, 5.74) is 3.33. The van der Waals surface area contributed by atoms with Gasteiger partial charge in [0.2, 0.25) is 0 Å². The summed E-state index contributed by atoms with van der Waals surface area (Å²) in [6, 6.07) is 10.5. The lowest BCUT2D eigenvalue weighted by molar-refractivity contribution is 0.571. The van der Waals surface area contributed by atoms with Crippen LogP contribution in [0.1, 0.15) is 31.9 Å². The smallest absolute Gasteiger partial charge is 0.0459 e. The predicted octanol–water partition coefficient (Wildman–Crippen LogP) is 4.46. The molecule has 2 nitrogen and oxygen atoms in total. The Balaban J connectivity index is 2.22. The molecule has 1 atom stereocenters. The molecule has 2 rings (SSSR count). The molecule has 1 N–H and O–H groups in total. The summed E-state index contributed by atoms with van der Waals surface area (Å²) in [6.07, 6.45) is 4.75. The summed E-state index contributed by atoms with van der Waals surface area (Å²) >= 11 is 6.39. The van der Waals surface area contributed by atoms with Gasteiger partial charge in [0.05, 0.1) is 0 Å². The van der Waals surface area contributed by atoms with Crippen LogP contribution in [-0.2, 0) is 0 Å². The Morgan fingerprint density at radius 2 is 2.11 bits per heavy atom. The summed E-state index contributed by atoms with van der Waals surface area (Å²) in [7, 11) is 0. The Morgan fingerprint density at radius 1 is 1.26 bits per heavy atom. The van der Waals surface area contributed by atoms with Crippen molar-refractivity contribution in [2.45, 2.75) is 26.3 Å². The molecule has 1 aromatic carbocycles. The number of aromatic nitrogens is 1. The Kier molecular flexibility index (Phi) is 4.94. The summed E-state index contributed by atoms with van der Waals surface area (Å²) in [5.74, 6) is 0. The summed E-state index contributed by atoms with van der Waals surface area (Å²) in [4.78, 5) is 4.13. The van der Waals surface area contributed by atoms with Gasteiger partial charge in [0.15, 0.2) is 0 Å². The molecule has 0 aliphatic carbocycles. The highest BCUT2D eigenvalue weighted by Gasteiger charge is 2.09. The van der Waals surface area contributed by atoms with Gasteiger partial charge in [0, 0.05) is 29.0 Å². The Hall–Kier alpha value is -1.38. The fourth-order valence-corrected chi connectivity index (χ4v) is 2.41. The lowest BCUT2D eigenvalue weighted by Gasteiger charge is -2.16. The van der Waals surface area contributed by atoms with E-state index >= 15 is 0 Å². The first kappa shape index (κ1) is 14.0. The van der Waals surface area contributed by atoms with Gasteiger partial charge in [0.1, 0.15) is 0 Å². The van der Waals surface area contributed by atoms with E-state index in [1.54, 1.807) is 6.20 Å². The zero-order chi connectivity index (χ0) is 13.7. The van der Waals surface area contributed by atoms with Crippen molar-refractivity contribution in [1.82, 2.24) is 10.3 Å². The van der Waals surface area contributed by atoms with E-state index in [0.29, 0.717) is 0 Å². The number of pyridine rings is 1. The molecular formula is C16H19ClN2. The van der Waals surface area contributed by atoms with Gasteiger partial charge < -0.3 is 5.32 Å². The van der Waals surface area contributed by atoms with Gasteiger partial charge in [-0.05, 0) is 43.1 Å². The maximum absolute atomic E-state index is 6.39. The lowest BCUT2D eigenvalue weighted by atomic mass is 10.0. The van der Waals surface area contributed by atoms with E-state index in [-0.39, 0.29) is 6.04 Å². The van der Waals surface area contributed by atoms with Crippen molar-refractivity contribution in [3.05, 3.63) is 53.3 Å². The maximum atomic E-state index is 6.39. The van der Waals surface area contributed by atoms with Crippen LogP contribution in [0.15, 0.2) is 42.7 Å². The highest BCUT2D eigenvalue weighted by atomic mass is 35.5. The Labute approximate surface area is 119 Å². The van der Waals surface area contributed by atoms with Crippen LogP contribution in [0.5, 0.6) is 0 Å². The van der Waals surface area contributed by atoms with E-state index in [2.05, 4.69) is 36.3 Å². The molecule has 0 radical (unpaired) electrons. The molecule has 1 unspecified atom stereocenters. The van der Waals surface area contributed by atoms with Crippen LogP contribution < -0.4 is 5.32 Å². The Bertz CT molecular complexity index is 526. The first-order chi connectivity index (χ1) is 9.22. The van der Waals surface area contributed by atoms with Crippen LogP contribution in [0.2, 0.25) is 5.02 Å². The molecule has 1 aromatic heterocycles. The standard InChI is InChI=1S/C16H19ClN2/c1-3-8-19-12(2)15-7-6-13(10-16(15)17)14-5-4-9-18-11-14/h4-7,9-12,19H,3,8H2,1-2H3. The molecule has 0 saturated heterocycles. The largest absolute Gasteiger partial charge is 0.310 e. The predicted molar refractivity (Wildman–Crippen MR) is 81.4 cm³/mol. The number of nitrogens with one attached hydrogen (secondary N) is 1. The second-order valence-corrected chi connectivity index (χ2v) is 5.06. The van der Waals surface area contributed by atoms with Crippen LogP contribution in [0, 0.1) is 0 Å². The van der Waals surface area contributed by atoms with E-state index in [4.69, 9.17) is 11.6 Å². The maximum Gasteiger partial charge on any atom is 0.0459 e. The SMILES string of the molecule is CCCNC(C)c1ccc(-c2cccnc2)cc1Cl. The number of rotatable bonds is 5. The normalized spacial score (nSPS) is 12.4. The van der Waals surface area contributed by atoms with Gasteiger partial charge >= 0.3 is 0 Å². The topological polar surface area (TPSA) is 24.9 Å². The summed E-state index contributed by atoms with van der Waals surface area (Å²) < 4.78 is 0. The van der Waals surface area contributed by atoms with Crippen molar-refractivity contribution in [2.75, 3.05) is 6.54 Å². The second-order valence-electron chi connectivity index (χ2n) is 4.65. The number of benzene rings is 1. The molecule has 0 aliphatic rings. The van der Waals surface area contributed by atoms with Crippen molar-refractivity contribution < 1.29 is 0 Å². The molecule has 3 heteroatoms. The highest BCUT2D eigenvalue weighted by molar-refractivity contribution is 6.31. The average molecular weight is 275 g/mol. The fraction of sp³-hybridized carbons (Fsp3) is 0.312. The van der Waals surface area contributed by atoms with E-state index in [1.165, 1.54) is 0 Å². The number of hydrogen-bond acceptors (Lipinski definition) is 2. The van der Waals surface area contributed by atoms with Crippen LogP contribution in [-0.4, -0.2) is 11.5 Å².